The molecule has 0 aliphatic rings. The minimum atomic E-state index is -0.498. The fraction of sp³-hybridized carbons (Fsp3) is 0.538. The van der Waals surface area contributed by atoms with Crippen molar-refractivity contribution >= 4 is 11.6 Å². The number of aliphatic hydroxyl groups excluding tert-OH is 1. The van der Waals surface area contributed by atoms with Gasteiger partial charge in [0.1, 0.15) is 5.75 Å². The maximum Gasteiger partial charge on any atom is 0.137 e. The molecule has 2 nitrogen and oxygen atoms in total. The summed E-state index contributed by atoms with van der Waals surface area (Å²) in [5.41, 5.74) is 0.807. The predicted octanol–water partition coefficient (Wildman–Crippen LogP) is 3.82. The molecule has 1 aromatic rings. The van der Waals surface area contributed by atoms with Gasteiger partial charge in [0.05, 0.1) is 17.7 Å². The molecule has 0 unspecified atom stereocenters. The van der Waals surface area contributed by atoms with Crippen LogP contribution in [0.15, 0.2) is 18.2 Å². The fourth-order valence-electron chi connectivity index (χ4n) is 1.30. The van der Waals surface area contributed by atoms with Crippen LogP contribution in [0.4, 0.5) is 0 Å². The van der Waals surface area contributed by atoms with Gasteiger partial charge in [-0.25, -0.2) is 0 Å². The second-order valence-corrected chi connectivity index (χ2v) is 4.80. The van der Waals surface area contributed by atoms with Gasteiger partial charge in [-0.05, 0) is 37.0 Å². The molecule has 3 heteroatoms. The lowest BCUT2D eigenvalue weighted by Gasteiger charge is -2.11. The number of ether oxygens (including phenoxy) is 1. The molecule has 0 saturated heterocycles. The van der Waals surface area contributed by atoms with E-state index in [1.54, 1.807) is 13.0 Å². The first kappa shape index (κ1) is 13.3. The van der Waals surface area contributed by atoms with Crippen LogP contribution in [0.5, 0.6) is 5.75 Å². The van der Waals surface area contributed by atoms with E-state index in [1.165, 1.54) is 0 Å². The Morgan fingerprint density at radius 1 is 1.31 bits per heavy atom. The first-order valence-corrected chi connectivity index (χ1v) is 5.98. The Labute approximate surface area is 102 Å². The Morgan fingerprint density at radius 2 is 2.00 bits per heavy atom. The zero-order valence-electron chi connectivity index (χ0n) is 10.0. The summed E-state index contributed by atoms with van der Waals surface area (Å²) < 4.78 is 5.57. The zero-order valence-corrected chi connectivity index (χ0v) is 10.8. The van der Waals surface area contributed by atoms with E-state index in [2.05, 4.69) is 13.8 Å². The van der Waals surface area contributed by atoms with Crippen molar-refractivity contribution in [3.63, 3.8) is 0 Å². The van der Waals surface area contributed by atoms with Gasteiger partial charge in [0.2, 0.25) is 0 Å². The predicted molar refractivity (Wildman–Crippen MR) is 67.0 cm³/mol. The highest BCUT2D eigenvalue weighted by Crippen LogP contribution is 2.28. The second kappa shape index (κ2) is 6.12. The minimum Gasteiger partial charge on any atom is -0.492 e. The fourth-order valence-corrected chi connectivity index (χ4v) is 1.54. The lowest BCUT2D eigenvalue weighted by molar-refractivity contribution is 0.199. The van der Waals surface area contributed by atoms with E-state index < -0.39 is 6.10 Å². The van der Waals surface area contributed by atoms with Crippen molar-refractivity contribution in [2.75, 3.05) is 6.61 Å². The summed E-state index contributed by atoms with van der Waals surface area (Å²) in [6.07, 6.45) is 0.510. The van der Waals surface area contributed by atoms with Crippen molar-refractivity contribution in [1.29, 1.82) is 0 Å². The van der Waals surface area contributed by atoms with Gasteiger partial charge in [-0.15, -0.1) is 0 Å². The van der Waals surface area contributed by atoms with Crippen LogP contribution in [0, 0.1) is 5.92 Å². The Morgan fingerprint density at radius 3 is 2.50 bits per heavy atom. The Balaban J connectivity index is 2.61. The first-order chi connectivity index (χ1) is 7.50. The van der Waals surface area contributed by atoms with E-state index in [4.69, 9.17) is 16.3 Å². The third-order valence-electron chi connectivity index (χ3n) is 2.39. The van der Waals surface area contributed by atoms with Crippen LogP contribution in [0.1, 0.15) is 38.9 Å². The molecule has 0 aliphatic heterocycles. The summed E-state index contributed by atoms with van der Waals surface area (Å²) in [6.45, 7) is 6.69. The molecule has 90 valence electrons. The van der Waals surface area contributed by atoms with Gasteiger partial charge in [0, 0.05) is 0 Å². The molecule has 1 rings (SSSR count). The summed E-state index contributed by atoms with van der Waals surface area (Å²) in [4.78, 5) is 0. The summed E-state index contributed by atoms with van der Waals surface area (Å²) in [5.74, 6) is 1.31. The summed E-state index contributed by atoms with van der Waals surface area (Å²) in [5, 5.41) is 9.95. The standard InChI is InChI=1S/C13H19ClO2/c1-9(2)6-7-16-13-5-4-11(10(3)15)8-12(13)14/h4-5,8-10,15H,6-7H2,1-3H3/t10-/m0/s1. The lowest BCUT2D eigenvalue weighted by Crippen LogP contribution is -2.02. The van der Waals surface area contributed by atoms with Crippen molar-refractivity contribution in [2.45, 2.75) is 33.3 Å². The van der Waals surface area contributed by atoms with Gasteiger partial charge in [-0.1, -0.05) is 31.5 Å². The van der Waals surface area contributed by atoms with Crippen LogP contribution >= 0.6 is 11.6 Å². The summed E-state index contributed by atoms with van der Waals surface area (Å²) in [6, 6.07) is 5.39. The highest BCUT2D eigenvalue weighted by molar-refractivity contribution is 6.32. The van der Waals surface area contributed by atoms with E-state index in [1.807, 2.05) is 12.1 Å². The van der Waals surface area contributed by atoms with Gasteiger partial charge in [-0.3, -0.25) is 0 Å². The van der Waals surface area contributed by atoms with Crippen LogP contribution in [0.25, 0.3) is 0 Å². The third-order valence-corrected chi connectivity index (χ3v) is 2.69. The van der Waals surface area contributed by atoms with Gasteiger partial charge < -0.3 is 9.84 Å². The van der Waals surface area contributed by atoms with E-state index in [9.17, 15) is 5.11 Å². The highest BCUT2D eigenvalue weighted by Gasteiger charge is 2.06. The van der Waals surface area contributed by atoms with Crippen LogP contribution in [-0.4, -0.2) is 11.7 Å². The minimum absolute atomic E-state index is 0.498. The van der Waals surface area contributed by atoms with E-state index in [0.717, 1.165) is 12.0 Å². The van der Waals surface area contributed by atoms with Crippen LogP contribution in [-0.2, 0) is 0 Å². The quantitative estimate of drug-likeness (QED) is 0.851. The second-order valence-electron chi connectivity index (χ2n) is 4.40. The lowest BCUT2D eigenvalue weighted by atomic mass is 10.1. The molecule has 1 N–H and O–H groups in total. The molecule has 16 heavy (non-hydrogen) atoms. The van der Waals surface area contributed by atoms with Crippen LogP contribution in [0.3, 0.4) is 0 Å². The van der Waals surface area contributed by atoms with Crippen molar-refractivity contribution < 1.29 is 9.84 Å². The van der Waals surface area contributed by atoms with Crippen LogP contribution in [0.2, 0.25) is 5.02 Å². The van der Waals surface area contributed by atoms with Gasteiger partial charge >= 0.3 is 0 Å². The molecule has 0 bridgehead atoms. The van der Waals surface area contributed by atoms with E-state index in [-0.39, 0.29) is 0 Å². The molecule has 0 fully saturated rings. The number of hydrogen-bond acceptors (Lipinski definition) is 2. The molecule has 0 aromatic heterocycles. The molecule has 0 saturated carbocycles. The number of halogens is 1. The largest absolute Gasteiger partial charge is 0.492 e. The van der Waals surface area contributed by atoms with Crippen LogP contribution < -0.4 is 4.74 Å². The zero-order chi connectivity index (χ0) is 12.1. The summed E-state index contributed by atoms with van der Waals surface area (Å²) in [7, 11) is 0. The van der Waals surface area contributed by atoms with Crippen molar-refractivity contribution in [3.05, 3.63) is 28.8 Å². The van der Waals surface area contributed by atoms with Crippen molar-refractivity contribution in [2.24, 2.45) is 5.92 Å². The molecular weight excluding hydrogens is 224 g/mol. The highest BCUT2D eigenvalue weighted by atomic mass is 35.5. The number of aliphatic hydroxyl groups is 1. The van der Waals surface area contributed by atoms with Gasteiger partial charge in [-0.2, -0.15) is 0 Å². The molecular formula is C13H19ClO2. The first-order valence-electron chi connectivity index (χ1n) is 5.61. The molecule has 0 radical (unpaired) electrons. The topological polar surface area (TPSA) is 29.5 Å². The number of hydrogen-bond donors (Lipinski definition) is 1. The molecule has 1 aromatic carbocycles. The molecule has 1 atom stereocenters. The van der Waals surface area contributed by atoms with Gasteiger partial charge in [0.25, 0.3) is 0 Å². The monoisotopic (exact) mass is 242 g/mol. The average molecular weight is 243 g/mol. The molecule has 0 heterocycles. The number of benzene rings is 1. The van der Waals surface area contributed by atoms with Crippen molar-refractivity contribution in [3.8, 4) is 5.75 Å². The normalized spacial score (nSPS) is 12.9. The Kier molecular flexibility index (Phi) is 5.10. The van der Waals surface area contributed by atoms with E-state index in [0.29, 0.717) is 23.3 Å². The third kappa shape index (κ3) is 4.03. The maximum absolute atomic E-state index is 9.39. The molecule has 0 aliphatic carbocycles. The average Bonchev–Trinajstić information content (AvgIpc) is 2.19. The Bertz CT molecular complexity index is 335. The summed E-state index contributed by atoms with van der Waals surface area (Å²) >= 11 is 6.05. The maximum atomic E-state index is 9.39. The molecule has 0 amide bonds. The van der Waals surface area contributed by atoms with Gasteiger partial charge in [0.15, 0.2) is 0 Å². The molecule has 0 spiro atoms. The van der Waals surface area contributed by atoms with Crippen molar-refractivity contribution in [1.82, 2.24) is 0 Å². The smallest absolute Gasteiger partial charge is 0.137 e. The Hall–Kier alpha value is -0.730. The SMILES string of the molecule is CC(C)CCOc1ccc([C@H](C)O)cc1Cl. The number of rotatable bonds is 5. The van der Waals surface area contributed by atoms with E-state index >= 15 is 0 Å².